The van der Waals surface area contributed by atoms with E-state index in [-0.39, 0.29) is 24.3 Å². The second-order valence-electron chi connectivity index (χ2n) is 5.51. The van der Waals surface area contributed by atoms with Crippen LogP contribution in [0.2, 0.25) is 5.02 Å². The van der Waals surface area contributed by atoms with E-state index in [9.17, 15) is 9.59 Å². The number of carbonyl (C=O) groups is 2. The topological polar surface area (TPSA) is 76.0 Å². The van der Waals surface area contributed by atoms with E-state index in [1.165, 1.54) is 6.92 Å². The number of amides is 2. The standard InChI is InChI=1S/C17H21ClN4O2/c1-13(23)21-16(14-3-5-15(18)6-4-14)11-17(24)20-7-2-9-22-10-8-19-12-22/h3-6,8,10,12,16H,2,7,9,11H2,1H3,(H,20,24)(H,21,23). The molecule has 2 rings (SSSR count). The van der Waals surface area contributed by atoms with Crippen molar-refractivity contribution in [2.24, 2.45) is 0 Å². The van der Waals surface area contributed by atoms with Gasteiger partial charge in [0.1, 0.15) is 0 Å². The van der Waals surface area contributed by atoms with Crippen molar-refractivity contribution in [3.8, 4) is 0 Å². The number of imidazole rings is 1. The van der Waals surface area contributed by atoms with Crippen LogP contribution in [0.5, 0.6) is 0 Å². The molecule has 1 atom stereocenters. The van der Waals surface area contributed by atoms with Crippen LogP contribution in [0.25, 0.3) is 0 Å². The molecule has 24 heavy (non-hydrogen) atoms. The molecule has 0 aliphatic carbocycles. The monoisotopic (exact) mass is 348 g/mol. The molecule has 0 spiro atoms. The predicted molar refractivity (Wildman–Crippen MR) is 92.5 cm³/mol. The van der Waals surface area contributed by atoms with Crippen molar-refractivity contribution in [3.05, 3.63) is 53.6 Å². The largest absolute Gasteiger partial charge is 0.356 e. The van der Waals surface area contributed by atoms with Crippen LogP contribution in [-0.2, 0) is 16.1 Å². The lowest BCUT2D eigenvalue weighted by atomic mass is 10.0. The maximum atomic E-state index is 12.1. The Balaban J connectivity index is 1.82. The van der Waals surface area contributed by atoms with E-state index in [2.05, 4.69) is 15.6 Å². The first-order valence-corrected chi connectivity index (χ1v) is 8.17. The molecule has 1 heterocycles. The molecule has 0 aliphatic heterocycles. The smallest absolute Gasteiger partial charge is 0.222 e. The number of nitrogens with one attached hydrogen (secondary N) is 2. The lowest BCUT2D eigenvalue weighted by Gasteiger charge is -2.18. The van der Waals surface area contributed by atoms with Crippen molar-refractivity contribution in [2.45, 2.75) is 32.4 Å². The van der Waals surface area contributed by atoms with Crippen LogP contribution in [0.1, 0.15) is 31.4 Å². The summed E-state index contributed by atoms with van der Waals surface area (Å²) >= 11 is 5.88. The average molecular weight is 349 g/mol. The van der Waals surface area contributed by atoms with Crippen LogP contribution in [0, 0.1) is 0 Å². The van der Waals surface area contributed by atoms with E-state index >= 15 is 0 Å². The molecule has 0 bridgehead atoms. The van der Waals surface area contributed by atoms with Crippen molar-refractivity contribution in [3.63, 3.8) is 0 Å². The number of hydrogen-bond acceptors (Lipinski definition) is 3. The first-order valence-electron chi connectivity index (χ1n) is 7.79. The van der Waals surface area contributed by atoms with E-state index in [1.54, 1.807) is 24.7 Å². The van der Waals surface area contributed by atoms with Crippen LogP contribution in [0.3, 0.4) is 0 Å². The normalized spacial score (nSPS) is 11.8. The van der Waals surface area contributed by atoms with Gasteiger partial charge in [0, 0.05) is 37.4 Å². The van der Waals surface area contributed by atoms with Crippen LogP contribution in [0.4, 0.5) is 0 Å². The van der Waals surface area contributed by atoms with E-state index < -0.39 is 0 Å². The van der Waals surface area contributed by atoms with Gasteiger partial charge in [0.2, 0.25) is 11.8 Å². The van der Waals surface area contributed by atoms with Gasteiger partial charge in [-0.25, -0.2) is 4.98 Å². The van der Waals surface area contributed by atoms with Gasteiger partial charge in [0.05, 0.1) is 18.8 Å². The van der Waals surface area contributed by atoms with Gasteiger partial charge < -0.3 is 15.2 Å². The zero-order valence-corrected chi connectivity index (χ0v) is 14.3. The number of carbonyl (C=O) groups excluding carboxylic acids is 2. The molecule has 2 aromatic rings. The summed E-state index contributed by atoms with van der Waals surface area (Å²) < 4.78 is 1.96. The SMILES string of the molecule is CC(=O)NC(CC(=O)NCCCn1ccnc1)c1ccc(Cl)cc1. The Labute approximate surface area is 146 Å². The van der Waals surface area contributed by atoms with Crippen molar-refractivity contribution < 1.29 is 9.59 Å². The Kier molecular flexibility index (Phi) is 6.81. The van der Waals surface area contributed by atoms with Crippen LogP contribution in [0.15, 0.2) is 43.0 Å². The Hall–Kier alpha value is -2.34. The minimum Gasteiger partial charge on any atom is -0.356 e. The molecule has 0 fully saturated rings. The van der Waals surface area contributed by atoms with Crippen molar-refractivity contribution in [2.75, 3.05) is 6.54 Å². The van der Waals surface area contributed by atoms with Gasteiger partial charge >= 0.3 is 0 Å². The van der Waals surface area contributed by atoms with Gasteiger partial charge in [-0.3, -0.25) is 9.59 Å². The summed E-state index contributed by atoms with van der Waals surface area (Å²) in [6.07, 6.45) is 6.35. The highest BCUT2D eigenvalue weighted by atomic mass is 35.5. The summed E-state index contributed by atoms with van der Waals surface area (Å²) in [7, 11) is 0. The molecule has 0 radical (unpaired) electrons. The van der Waals surface area contributed by atoms with E-state index in [0.29, 0.717) is 11.6 Å². The molecule has 128 valence electrons. The fraction of sp³-hybridized carbons (Fsp3) is 0.353. The van der Waals surface area contributed by atoms with Crippen LogP contribution in [-0.4, -0.2) is 27.9 Å². The first kappa shape index (κ1) is 18.0. The molecule has 2 N–H and O–H groups in total. The molecule has 0 saturated carbocycles. The lowest BCUT2D eigenvalue weighted by molar-refractivity contribution is -0.122. The van der Waals surface area contributed by atoms with Gasteiger partial charge in [-0.05, 0) is 24.1 Å². The third kappa shape index (κ3) is 6.04. The number of aromatic nitrogens is 2. The summed E-state index contributed by atoms with van der Waals surface area (Å²) in [6, 6.07) is 6.75. The third-order valence-corrected chi connectivity index (χ3v) is 3.77. The molecule has 0 saturated heterocycles. The van der Waals surface area contributed by atoms with E-state index in [0.717, 1.165) is 18.5 Å². The zero-order valence-electron chi connectivity index (χ0n) is 13.5. The van der Waals surface area contributed by atoms with Gasteiger partial charge in [-0.15, -0.1) is 0 Å². The molecule has 2 amide bonds. The van der Waals surface area contributed by atoms with Crippen LogP contribution >= 0.6 is 11.6 Å². The van der Waals surface area contributed by atoms with Gasteiger partial charge in [0.15, 0.2) is 0 Å². The second-order valence-corrected chi connectivity index (χ2v) is 5.95. The Morgan fingerprint density at radius 1 is 1.29 bits per heavy atom. The number of aryl methyl sites for hydroxylation is 1. The summed E-state index contributed by atoms with van der Waals surface area (Å²) in [5, 5.41) is 6.30. The summed E-state index contributed by atoms with van der Waals surface area (Å²) in [6.45, 7) is 2.81. The molecule has 7 heteroatoms. The quantitative estimate of drug-likeness (QED) is 0.719. The predicted octanol–water partition coefficient (Wildman–Crippen LogP) is 2.31. The van der Waals surface area contributed by atoms with Crippen molar-refractivity contribution in [1.82, 2.24) is 20.2 Å². The number of nitrogens with zero attached hydrogens (tertiary/aromatic N) is 2. The van der Waals surface area contributed by atoms with Gasteiger partial charge in [-0.2, -0.15) is 0 Å². The molecule has 0 aliphatic rings. The summed E-state index contributed by atoms with van der Waals surface area (Å²) in [4.78, 5) is 27.5. The molecule has 6 nitrogen and oxygen atoms in total. The van der Waals surface area contributed by atoms with Crippen molar-refractivity contribution in [1.29, 1.82) is 0 Å². The fourth-order valence-electron chi connectivity index (χ4n) is 2.36. The van der Waals surface area contributed by atoms with Gasteiger partial charge in [0.25, 0.3) is 0 Å². The Morgan fingerprint density at radius 2 is 2.04 bits per heavy atom. The summed E-state index contributed by atoms with van der Waals surface area (Å²) in [5.41, 5.74) is 0.850. The minimum absolute atomic E-state index is 0.102. The highest BCUT2D eigenvalue weighted by molar-refractivity contribution is 6.30. The minimum atomic E-state index is -0.367. The number of halogens is 1. The molecule has 1 unspecified atom stereocenters. The maximum Gasteiger partial charge on any atom is 0.222 e. The third-order valence-electron chi connectivity index (χ3n) is 3.51. The highest BCUT2D eigenvalue weighted by Crippen LogP contribution is 2.19. The van der Waals surface area contributed by atoms with E-state index in [4.69, 9.17) is 11.6 Å². The maximum absolute atomic E-state index is 12.1. The van der Waals surface area contributed by atoms with Crippen molar-refractivity contribution >= 4 is 23.4 Å². The fourth-order valence-corrected chi connectivity index (χ4v) is 2.48. The Bertz CT molecular complexity index is 656. The Morgan fingerprint density at radius 3 is 2.67 bits per heavy atom. The molecule has 1 aromatic carbocycles. The number of rotatable bonds is 8. The number of hydrogen-bond donors (Lipinski definition) is 2. The molecule has 1 aromatic heterocycles. The van der Waals surface area contributed by atoms with Gasteiger partial charge in [-0.1, -0.05) is 23.7 Å². The van der Waals surface area contributed by atoms with E-state index in [1.807, 2.05) is 22.9 Å². The van der Waals surface area contributed by atoms with Crippen LogP contribution < -0.4 is 10.6 Å². The first-order chi connectivity index (χ1) is 11.5. The second kappa shape index (κ2) is 9.08. The molecular formula is C17H21ClN4O2. The average Bonchev–Trinajstić information content (AvgIpc) is 3.04. The zero-order chi connectivity index (χ0) is 17.4. The summed E-state index contributed by atoms with van der Waals surface area (Å²) in [5.74, 6) is -0.280. The number of benzene rings is 1. The molecular weight excluding hydrogens is 328 g/mol. The highest BCUT2D eigenvalue weighted by Gasteiger charge is 2.16. The lowest BCUT2D eigenvalue weighted by Crippen LogP contribution is -2.33.